The second-order valence-electron chi connectivity index (χ2n) is 5.96. The third-order valence-electron chi connectivity index (χ3n) is 4.48. The zero-order chi connectivity index (χ0) is 17.5. The molecule has 2 aromatic rings. The topological polar surface area (TPSA) is 106 Å². The van der Waals surface area contributed by atoms with Crippen LogP contribution >= 0.6 is 11.3 Å². The molecule has 1 aliphatic heterocycles. The lowest BCUT2D eigenvalue weighted by molar-refractivity contribution is 0.0992. The van der Waals surface area contributed by atoms with Gasteiger partial charge in [-0.05, 0) is 28.5 Å². The summed E-state index contributed by atoms with van der Waals surface area (Å²) in [5.41, 5.74) is 6.44. The summed E-state index contributed by atoms with van der Waals surface area (Å²) in [5.74, 6) is -0.853. The molecule has 0 spiro atoms. The minimum absolute atomic E-state index is 0.0321. The van der Waals surface area contributed by atoms with Crippen LogP contribution in [0.1, 0.15) is 22.0 Å². The van der Waals surface area contributed by atoms with Gasteiger partial charge >= 0.3 is 0 Å². The summed E-state index contributed by atoms with van der Waals surface area (Å²) in [5, 5.41) is 13.6. The number of nitrogens with two attached hydrogens (primary N) is 1. The Kier molecular flexibility index (Phi) is 4.52. The molecule has 0 radical (unpaired) electrons. The van der Waals surface area contributed by atoms with Crippen LogP contribution < -0.4 is 5.73 Å². The highest BCUT2D eigenvalue weighted by Crippen LogP contribution is 2.36. The van der Waals surface area contributed by atoms with Gasteiger partial charge in [-0.2, -0.15) is 15.6 Å². The van der Waals surface area contributed by atoms with Crippen molar-refractivity contribution < 1.29 is 18.3 Å². The van der Waals surface area contributed by atoms with Gasteiger partial charge in [0.25, 0.3) is 5.91 Å². The lowest BCUT2D eigenvalue weighted by Crippen LogP contribution is -2.29. The van der Waals surface area contributed by atoms with Crippen LogP contribution in [0.15, 0.2) is 34.0 Å². The van der Waals surface area contributed by atoms with E-state index in [1.807, 2.05) is 16.8 Å². The SMILES string of the molecule is Cn1cc(S(=O)(=O)N2C[C@H](CO)[C@@H](c3ccsc3)C2)cc1C(N)=O. The Morgan fingerprint density at radius 1 is 1.46 bits per heavy atom. The van der Waals surface area contributed by atoms with Gasteiger partial charge in [0.1, 0.15) is 10.6 Å². The molecule has 24 heavy (non-hydrogen) atoms. The number of thiophene rings is 1. The standard InChI is InChI=1S/C15H19N3O4S2/c1-17-6-12(4-14(17)15(16)20)24(21,22)18-5-11(8-19)13(7-18)10-2-3-23-9-10/h2-4,6,9,11,13,19H,5,7-8H2,1H3,(H2,16,20)/t11-,13-/m1/s1. The average molecular weight is 369 g/mol. The zero-order valence-electron chi connectivity index (χ0n) is 13.1. The van der Waals surface area contributed by atoms with E-state index in [9.17, 15) is 18.3 Å². The maximum Gasteiger partial charge on any atom is 0.265 e. The van der Waals surface area contributed by atoms with Crippen LogP contribution in [-0.4, -0.2) is 48.0 Å². The quantitative estimate of drug-likeness (QED) is 0.804. The van der Waals surface area contributed by atoms with E-state index in [2.05, 4.69) is 0 Å². The molecule has 7 nitrogen and oxygen atoms in total. The second-order valence-corrected chi connectivity index (χ2v) is 8.68. The largest absolute Gasteiger partial charge is 0.396 e. The van der Waals surface area contributed by atoms with Crippen molar-refractivity contribution in [2.24, 2.45) is 18.7 Å². The highest BCUT2D eigenvalue weighted by molar-refractivity contribution is 7.89. The monoisotopic (exact) mass is 369 g/mol. The number of aromatic nitrogens is 1. The summed E-state index contributed by atoms with van der Waals surface area (Å²) in [6.07, 6.45) is 1.39. The van der Waals surface area contributed by atoms with Gasteiger partial charge in [0.05, 0.1) is 0 Å². The molecule has 1 saturated heterocycles. The molecule has 3 N–H and O–H groups in total. The summed E-state index contributed by atoms with van der Waals surface area (Å²) < 4.78 is 28.5. The zero-order valence-corrected chi connectivity index (χ0v) is 14.8. The summed E-state index contributed by atoms with van der Waals surface area (Å²) in [6.45, 7) is 0.485. The van der Waals surface area contributed by atoms with E-state index in [1.165, 1.54) is 21.1 Å². The third kappa shape index (κ3) is 2.88. The Morgan fingerprint density at radius 3 is 2.75 bits per heavy atom. The van der Waals surface area contributed by atoms with Crippen LogP contribution in [0.5, 0.6) is 0 Å². The van der Waals surface area contributed by atoms with Gasteiger partial charge < -0.3 is 15.4 Å². The molecule has 0 aromatic carbocycles. The van der Waals surface area contributed by atoms with Crippen molar-refractivity contribution in [3.8, 4) is 0 Å². The number of aliphatic hydroxyl groups excluding tert-OH is 1. The van der Waals surface area contributed by atoms with Crippen molar-refractivity contribution in [2.45, 2.75) is 10.8 Å². The Balaban J connectivity index is 1.91. The second kappa shape index (κ2) is 6.32. The number of rotatable bonds is 5. The Bertz CT molecular complexity index is 842. The van der Waals surface area contributed by atoms with Crippen LogP contribution in [0.4, 0.5) is 0 Å². The molecule has 1 aliphatic rings. The first-order valence-electron chi connectivity index (χ1n) is 7.44. The normalized spacial score (nSPS) is 22.1. The molecular weight excluding hydrogens is 350 g/mol. The van der Waals surface area contributed by atoms with Crippen molar-refractivity contribution in [1.82, 2.24) is 8.87 Å². The highest BCUT2D eigenvalue weighted by atomic mass is 32.2. The predicted molar refractivity (Wildman–Crippen MR) is 90.3 cm³/mol. The molecule has 130 valence electrons. The summed E-state index contributed by atoms with van der Waals surface area (Å²) in [7, 11) is -2.17. The van der Waals surface area contributed by atoms with E-state index in [0.29, 0.717) is 6.54 Å². The van der Waals surface area contributed by atoms with Crippen molar-refractivity contribution in [3.63, 3.8) is 0 Å². The third-order valence-corrected chi connectivity index (χ3v) is 6.98. The highest BCUT2D eigenvalue weighted by Gasteiger charge is 2.40. The molecule has 0 saturated carbocycles. The van der Waals surface area contributed by atoms with E-state index >= 15 is 0 Å². The lowest BCUT2D eigenvalue weighted by Gasteiger charge is -2.15. The molecule has 9 heteroatoms. The number of aliphatic hydroxyl groups is 1. The number of hydrogen-bond donors (Lipinski definition) is 2. The molecular formula is C15H19N3O4S2. The summed E-state index contributed by atoms with van der Waals surface area (Å²) in [4.78, 5) is 11.4. The van der Waals surface area contributed by atoms with Crippen molar-refractivity contribution in [3.05, 3.63) is 40.3 Å². The predicted octanol–water partition coefficient (Wildman–Crippen LogP) is 0.582. The minimum atomic E-state index is -3.74. The molecule has 1 amide bonds. The van der Waals surface area contributed by atoms with E-state index in [0.717, 1.165) is 5.56 Å². The number of carbonyl (C=O) groups excluding carboxylic acids is 1. The van der Waals surface area contributed by atoms with E-state index in [4.69, 9.17) is 5.73 Å². The van der Waals surface area contributed by atoms with Gasteiger partial charge in [0.15, 0.2) is 0 Å². The summed E-state index contributed by atoms with van der Waals surface area (Å²) in [6, 6.07) is 3.26. The minimum Gasteiger partial charge on any atom is -0.396 e. The fourth-order valence-electron chi connectivity index (χ4n) is 3.15. The van der Waals surface area contributed by atoms with Gasteiger partial charge in [-0.25, -0.2) is 8.42 Å². The molecule has 0 aliphatic carbocycles. The molecule has 1 fully saturated rings. The number of primary amides is 1. The summed E-state index contributed by atoms with van der Waals surface area (Å²) >= 11 is 1.55. The molecule has 0 bridgehead atoms. The molecule has 2 aromatic heterocycles. The van der Waals surface area contributed by atoms with E-state index in [-0.39, 0.29) is 35.6 Å². The molecule has 2 atom stereocenters. The first-order valence-corrected chi connectivity index (χ1v) is 9.82. The smallest absolute Gasteiger partial charge is 0.265 e. The van der Waals surface area contributed by atoms with Gasteiger partial charge in [0.2, 0.25) is 10.0 Å². The van der Waals surface area contributed by atoms with Crippen molar-refractivity contribution >= 4 is 27.3 Å². The number of carbonyl (C=O) groups is 1. The molecule has 0 unspecified atom stereocenters. The van der Waals surface area contributed by atoms with Crippen LogP contribution in [0.25, 0.3) is 0 Å². The first kappa shape index (κ1) is 17.2. The van der Waals surface area contributed by atoms with Crippen LogP contribution in [0, 0.1) is 5.92 Å². The van der Waals surface area contributed by atoms with Crippen LogP contribution in [-0.2, 0) is 17.1 Å². The van der Waals surface area contributed by atoms with Gasteiger partial charge in [-0.1, -0.05) is 0 Å². The van der Waals surface area contributed by atoms with Gasteiger partial charge in [0, 0.05) is 44.8 Å². The van der Waals surface area contributed by atoms with Gasteiger partial charge in [-0.15, -0.1) is 0 Å². The van der Waals surface area contributed by atoms with E-state index in [1.54, 1.807) is 18.4 Å². The molecule has 3 rings (SSSR count). The van der Waals surface area contributed by atoms with Gasteiger partial charge in [-0.3, -0.25) is 4.79 Å². The maximum absolute atomic E-state index is 12.9. The maximum atomic E-state index is 12.9. The Hall–Kier alpha value is -1.68. The number of aryl methyl sites for hydroxylation is 1. The lowest BCUT2D eigenvalue weighted by atomic mass is 9.92. The van der Waals surface area contributed by atoms with Crippen LogP contribution in [0.2, 0.25) is 0 Å². The average Bonchev–Trinajstić information content (AvgIpc) is 3.25. The molecule has 3 heterocycles. The Labute approximate surface area is 144 Å². The number of hydrogen-bond acceptors (Lipinski definition) is 5. The van der Waals surface area contributed by atoms with E-state index < -0.39 is 15.9 Å². The fourth-order valence-corrected chi connectivity index (χ4v) is 5.47. The number of amides is 1. The number of sulfonamides is 1. The first-order chi connectivity index (χ1) is 11.3. The fraction of sp³-hybridized carbons (Fsp3) is 0.400. The van der Waals surface area contributed by atoms with Crippen molar-refractivity contribution in [2.75, 3.05) is 19.7 Å². The van der Waals surface area contributed by atoms with Crippen molar-refractivity contribution in [1.29, 1.82) is 0 Å². The Morgan fingerprint density at radius 2 is 2.21 bits per heavy atom. The number of nitrogens with zero attached hydrogens (tertiary/aromatic N) is 2. The van der Waals surface area contributed by atoms with Crippen LogP contribution in [0.3, 0.4) is 0 Å².